The number of hydrogen-bond donors (Lipinski definition) is 3. The van der Waals surface area contributed by atoms with Gasteiger partial charge in [0, 0.05) is 32.8 Å². The molecule has 0 bridgehead atoms. The van der Waals surface area contributed by atoms with Crippen molar-refractivity contribution >= 4 is 0 Å². The highest BCUT2D eigenvalue weighted by atomic mass is 16.5. The van der Waals surface area contributed by atoms with Crippen LogP contribution in [-0.4, -0.2) is 39.4 Å². The number of hydrazine groups is 1. The van der Waals surface area contributed by atoms with Crippen LogP contribution in [0, 0.1) is 0 Å². The molecule has 1 aliphatic heterocycles. The highest BCUT2D eigenvalue weighted by molar-refractivity contribution is 4.52. The minimum absolute atomic E-state index is 0.877. The van der Waals surface area contributed by atoms with Gasteiger partial charge in [-0.05, 0) is 25.8 Å². The van der Waals surface area contributed by atoms with Gasteiger partial charge < -0.3 is 10.1 Å². The summed E-state index contributed by atoms with van der Waals surface area (Å²) in [6.45, 7) is 5.90. The molecule has 1 heterocycles. The molecule has 1 saturated heterocycles. The van der Waals surface area contributed by atoms with Crippen LogP contribution in [0.1, 0.15) is 19.3 Å². The zero-order valence-electron chi connectivity index (χ0n) is 8.27. The van der Waals surface area contributed by atoms with E-state index in [1.807, 2.05) is 0 Å². The summed E-state index contributed by atoms with van der Waals surface area (Å²) in [4.78, 5) is 0. The first kappa shape index (κ1) is 10.9. The van der Waals surface area contributed by atoms with Crippen LogP contribution < -0.4 is 16.2 Å². The van der Waals surface area contributed by atoms with E-state index in [2.05, 4.69) is 16.2 Å². The molecular formula is C9H21N3O. The maximum atomic E-state index is 5.45. The lowest BCUT2D eigenvalue weighted by atomic mass is 10.3. The summed E-state index contributed by atoms with van der Waals surface area (Å²) in [7, 11) is 0. The fraction of sp³-hybridized carbons (Fsp3) is 1.00. The van der Waals surface area contributed by atoms with Crippen molar-refractivity contribution in [1.29, 1.82) is 0 Å². The first-order chi connectivity index (χ1) is 6.50. The van der Waals surface area contributed by atoms with E-state index in [1.54, 1.807) is 0 Å². The van der Waals surface area contributed by atoms with Crippen molar-refractivity contribution in [2.24, 2.45) is 0 Å². The van der Waals surface area contributed by atoms with E-state index in [1.165, 1.54) is 12.8 Å². The molecule has 1 aliphatic rings. The van der Waals surface area contributed by atoms with Crippen LogP contribution in [0.3, 0.4) is 0 Å². The number of ether oxygens (including phenoxy) is 1. The van der Waals surface area contributed by atoms with Gasteiger partial charge >= 0.3 is 0 Å². The Kier molecular flexibility index (Phi) is 7.09. The lowest BCUT2D eigenvalue weighted by Gasteiger charge is -2.06. The fourth-order valence-electron chi connectivity index (χ4n) is 1.27. The molecule has 0 spiro atoms. The minimum Gasteiger partial charge on any atom is -0.381 e. The molecule has 0 unspecified atom stereocenters. The quantitative estimate of drug-likeness (QED) is 0.494. The maximum absolute atomic E-state index is 5.45. The molecule has 3 N–H and O–H groups in total. The second-order valence-corrected chi connectivity index (χ2v) is 3.28. The average molecular weight is 187 g/mol. The summed E-state index contributed by atoms with van der Waals surface area (Å²) in [5.41, 5.74) is 6.31. The van der Waals surface area contributed by atoms with Gasteiger partial charge in [-0.1, -0.05) is 0 Å². The van der Waals surface area contributed by atoms with Crippen LogP contribution in [0.25, 0.3) is 0 Å². The predicted octanol–water partition coefficient (Wildman–Crippen LogP) is -0.129. The second-order valence-electron chi connectivity index (χ2n) is 3.28. The zero-order chi connectivity index (χ0) is 9.19. The molecular weight excluding hydrogens is 166 g/mol. The Morgan fingerprint density at radius 3 is 2.54 bits per heavy atom. The van der Waals surface area contributed by atoms with Crippen LogP contribution in [-0.2, 0) is 4.74 Å². The van der Waals surface area contributed by atoms with Gasteiger partial charge in [0.05, 0.1) is 0 Å². The zero-order valence-corrected chi connectivity index (χ0v) is 8.27. The van der Waals surface area contributed by atoms with Gasteiger partial charge in [-0.25, -0.2) is 0 Å². The van der Waals surface area contributed by atoms with E-state index < -0.39 is 0 Å². The van der Waals surface area contributed by atoms with Gasteiger partial charge in [0.25, 0.3) is 0 Å². The molecule has 0 atom stereocenters. The summed E-state index contributed by atoms with van der Waals surface area (Å²) in [5.74, 6) is 0. The van der Waals surface area contributed by atoms with Crippen LogP contribution in [0.4, 0.5) is 0 Å². The third kappa shape index (κ3) is 6.95. The Hall–Kier alpha value is -0.160. The molecule has 4 nitrogen and oxygen atoms in total. The predicted molar refractivity (Wildman–Crippen MR) is 53.5 cm³/mol. The Labute approximate surface area is 80.4 Å². The standard InChI is InChI=1S/C9H21N3O/c1-2-8-13-9-3-5-11-12-7-6-10-4-1/h10-12H,1-9H2. The van der Waals surface area contributed by atoms with Crippen molar-refractivity contribution in [3.05, 3.63) is 0 Å². The van der Waals surface area contributed by atoms with Crippen LogP contribution in [0.5, 0.6) is 0 Å². The molecule has 0 amide bonds. The van der Waals surface area contributed by atoms with E-state index in [0.29, 0.717) is 0 Å². The number of rotatable bonds is 0. The molecule has 13 heavy (non-hydrogen) atoms. The van der Waals surface area contributed by atoms with E-state index >= 15 is 0 Å². The van der Waals surface area contributed by atoms with Gasteiger partial charge in [-0.2, -0.15) is 0 Å². The van der Waals surface area contributed by atoms with Gasteiger partial charge in [-0.3, -0.25) is 10.9 Å². The van der Waals surface area contributed by atoms with Crippen LogP contribution in [0.15, 0.2) is 0 Å². The van der Waals surface area contributed by atoms with Gasteiger partial charge in [0.1, 0.15) is 0 Å². The average Bonchev–Trinajstić information content (AvgIpc) is 2.18. The van der Waals surface area contributed by atoms with E-state index in [0.717, 1.165) is 45.8 Å². The van der Waals surface area contributed by atoms with Crippen molar-refractivity contribution in [2.45, 2.75) is 19.3 Å². The van der Waals surface area contributed by atoms with Crippen molar-refractivity contribution in [3.8, 4) is 0 Å². The molecule has 0 radical (unpaired) electrons. The topological polar surface area (TPSA) is 45.3 Å². The fourth-order valence-corrected chi connectivity index (χ4v) is 1.27. The molecule has 0 aromatic rings. The lowest BCUT2D eigenvalue weighted by molar-refractivity contribution is 0.127. The van der Waals surface area contributed by atoms with E-state index in [4.69, 9.17) is 4.74 Å². The summed E-state index contributed by atoms with van der Waals surface area (Å²) in [6, 6.07) is 0. The van der Waals surface area contributed by atoms with Crippen molar-refractivity contribution in [3.63, 3.8) is 0 Å². The molecule has 0 saturated carbocycles. The van der Waals surface area contributed by atoms with Crippen LogP contribution >= 0.6 is 0 Å². The molecule has 0 aromatic heterocycles. The normalized spacial score (nSPS) is 24.0. The molecule has 0 aliphatic carbocycles. The molecule has 1 rings (SSSR count). The summed E-state index contributed by atoms with van der Waals surface area (Å²) < 4.78 is 5.45. The third-order valence-electron chi connectivity index (χ3n) is 2.03. The first-order valence-electron chi connectivity index (χ1n) is 5.24. The monoisotopic (exact) mass is 187 g/mol. The van der Waals surface area contributed by atoms with Gasteiger partial charge in [-0.15, -0.1) is 0 Å². The summed E-state index contributed by atoms with van der Waals surface area (Å²) in [5, 5.41) is 3.37. The molecule has 78 valence electrons. The molecule has 1 fully saturated rings. The van der Waals surface area contributed by atoms with E-state index in [9.17, 15) is 0 Å². The highest BCUT2D eigenvalue weighted by Gasteiger charge is 1.93. The first-order valence-corrected chi connectivity index (χ1v) is 5.24. The largest absolute Gasteiger partial charge is 0.381 e. The Morgan fingerprint density at radius 1 is 0.692 bits per heavy atom. The second kappa shape index (κ2) is 8.44. The minimum atomic E-state index is 0.877. The van der Waals surface area contributed by atoms with Crippen molar-refractivity contribution < 1.29 is 4.74 Å². The summed E-state index contributed by atoms with van der Waals surface area (Å²) in [6.07, 6.45) is 3.47. The van der Waals surface area contributed by atoms with Crippen molar-refractivity contribution in [2.75, 3.05) is 39.4 Å². The third-order valence-corrected chi connectivity index (χ3v) is 2.03. The SMILES string of the molecule is C1CCOCCCNNCCNC1. The van der Waals surface area contributed by atoms with Crippen molar-refractivity contribution in [1.82, 2.24) is 16.2 Å². The maximum Gasteiger partial charge on any atom is 0.0478 e. The Bertz CT molecular complexity index is 62.9. The summed E-state index contributed by atoms with van der Waals surface area (Å²) >= 11 is 0. The Morgan fingerprint density at radius 2 is 1.54 bits per heavy atom. The van der Waals surface area contributed by atoms with E-state index in [-0.39, 0.29) is 0 Å². The highest BCUT2D eigenvalue weighted by Crippen LogP contribution is 1.90. The smallest absolute Gasteiger partial charge is 0.0478 e. The van der Waals surface area contributed by atoms with Gasteiger partial charge in [0.2, 0.25) is 0 Å². The molecule has 0 aromatic carbocycles. The Balaban J connectivity index is 2.01. The molecule has 4 heteroatoms. The van der Waals surface area contributed by atoms with Gasteiger partial charge in [0.15, 0.2) is 0 Å². The number of nitrogens with one attached hydrogen (secondary N) is 3. The number of hydrogen-bond acceptors (Lipinski definition) is 4. The lowest BCUT2D eigenvalue weighted by Crippen LogP contribution is -2.38. The van der Waals surface area contributed by atoms with Crippen LogP contribution in [0.2, 0.25) is 0 Å².